The summed E-state index contributed by atoms with van der Waals surface area (Å²) >= 11 is 0. The van der Waals surface area contributed by atoms with Crippen LogP contribution in [0.3, 0.4) is 0 Å². The monoisotopic (exact) mass is 209 g/mol. The second-order valence-electron chi connectivity index (χ2n) is 5.23. The largest absolute Gasteiger partial charge is 0.368 e. The zero-order chi connectivity index (χ0) is 10.7. The van der Waals surface area contributed by atoms with Gasteiger partial charge in [0.1, 0.15) is 0 Å². The fourth-order valence-electron chi connectivity index (χ4n) is 2.96. The van der Waals surface area contributed by atoms with Gasteiger partial charge in [-0.1, -0.05) is 0 Å². The molecule has 2 heterocycles. The summed E-state index contributed by atoms with van der Waals surface area (Å²) in [5, 5.41) is 6.11. The van der Waals surface area contributed by atoms with Gasteiger partial charge in [-0.05, 0) is 25.7 Å². The standard InChI is InChI=1S/C10H15N3O2/c11-7(14)6-3-9(5-12-6)4-10(1-2-10)13-8(9)15/h6,12H,1-5H2,(H2,11,14)(H,13,15)/t6-,9+/m0/s1. The van der Waals surface area contributed by atoms with Crippen LogP contribution >= 0.6 is 0 Å². The normalized spacial score (nSPS) is 41.1. The Labute approximate surface area is 87.8 Å². The first-order valence-corrected chi connectivity index (χ1v) is 5.41. The van der Waals surface area contributed by atoms with E-state index in [0.717, 1.165) is 19.3 Å². The maximum Gasteiger partial charge on any atom is 0.234 e. The van der Waals surface area contributed by atoms with Gasteiger partial charge < -0.3 is 16.4 Å². The average Bonchev–Trinajstić information content (AvgIpc) is 2.68. The summed E-state index contributed by atoms with van der Waals surface area (Å²) < 4.78 is 0. The van der Waals surface area contributed by atoms with Gasteiger partial charge in [0, 0.05) is 12.1 Å². The van der Waals surface area contributed by atoms with Crippen molar-refractivity contribution in [1.29, 1.82) is 0 Å². The molecular weight excluding hydrogens is 194 g/mol. The van der Waals surface area contributed by atoms with E-state index in [1.165, 1.54) is 0 Å². The highest BCUT2D eigenvalue weighted by Gasteiger charge is 2.62. The summed E-state index contributed by atoms with van der Waals surface area (Å²) in [4.78, 5) is 23.0. The summed E-state index contributed by atoms with van der Waals surface area (Å²) in [5.74, 6) is -0.243. The molecule has 1 saturated carbocycles. The van der Waals surface area contributed by atoms with Gasteiger partial charge in [-0.3, -0.25) is 9.59 Å². The van der Waals surface area contributed by atoms with Crippen LogP contribution in [0.4, 0.5) is 0 Å². The topological polar surface area (TPSA) is 84.2 Å². The van der Waals surface area contributed by atoms with Gasteiger partial charge in [-0.25, -0.2) is 0 Å². The summed E-state index contributed by atoms with van der Waals surface area (Å²) in [6.07, 6.45) is 3.61. The molecule has 0 radical (unpaired) electrons. The minimum absolute atomic E-state index is 0.0747. The Morgan fingerprint density at radius 2 is 2.20 bits per heavy atom. The molecule has 15 heavy (non-hydrogen) atoms. The van der Waals surface area contributed by atoms with Gasteiger partial charge in [-0.15, -0.1) is 0 Å². The SMILES string of the molecule is NC(=O)[C@@H]1C[C@]2(CN1)CC1(CC1)NC2=O. The van der Waals surface area contributed by atoms with Crippen molar-refractivity contribution in [3.8, 4) is 0 Å². The van der Waals surface area contributed by atoms with E-state index < -0.39 is 0 Å². The molecule has 2 atom stereocenters. The molecule has 0 aromatic rings. The minimum atomic E-state index is -0.365. The third-order valence-corrected chi connectivity index (χ3v) is 4.02. The van der Waals surface area contributed by atoms with Gasteiger partial charge in [0.2, 0.25) is 11.8 Å². The first-order valence-electron chi connectivity index (χ1n) is 5.41. The van der Waals surface area contributed by atoms with E-state index in [2.05, 4.69) is 10.6 Å². The molecule has 0 bridgehead atoms. The highest BCUT2D eigenvalue weighted by Crippen LogP contribution is 2.52. The lowest BCUT2D eigenvalue weighted by Crippen LogP contribution is -2.36. The Morgan fingerprint density at radius 3 is 2.67 bits per heavy atom. The molecule has 2 amide bonds. The first kappa shape index (κ1) is 9.15. The Hall–Kier alpha value is -1.10. The van der Waals surface area contributed by atoms with Crippen LogP contribution in [0.25, 0.3) is 0 Å². The summed E-state index contributed by atoms with van der Waals surface area (Å²) in [6, 6.07) is -0.329. The molecule has 0 unspecified atom stereocenters. The lowest BCUT2D eigenvalue weighted by Gasteiger charge is -2.17. The van der Waals surface area contributed by atoms with Crippen molar-refractivity contribution in [3.63, 3.8) is 0 Å². The van der Waals surface area contributed by atoms with Gasteiger partial charge in [-0.2, -0.15) is 0 Å². The van der Waals surface area contributed by atoms with Gasteiger partial charge >= 0.3 is 0 Å². The predicted octanol–water partition coefficient (Wildman–Crippen LogP) is -1.13. The number of hydrogen-bond acceptors (Lipinski definition) is 3. The number of nitrogens with two attached hydrogens (primary N) is 1. The summed E-state index contributed by atoms with van der Waals surface area (Å²) in [6.45, 7) is 0.591. The Bertz CT molecular complexity index is 351. The number of nitrogens with one attached hydrogen (secondary N) is 2. The van der Waals surface area contributed by atoms with Crippen LogP contribution in [0.2, 0.25) is 0 Å². The number of rotatable bonds is 1. The maximum absolute atomic E-state index is 11.9. The number of carbonyl (C=O) groups excluding carboxylic acids is 2. The van der Waals surface area contributed by atoms with E-state index in [9.17, 15) is 9.59 Å². The summed E-state index contributed by atoms with van der Waals surface area (Å²) in [5.41, 5.74) is 4.95. The number of primary amides is 1. The van der Waals surface area contributed by atoms with Crippen LogP contribution in [-0.4, -0.2) is 29.9 Å². The third-order valence-electron chi connectivity index (χ3n) is 4.02. The Kier molecular flexibility index (Phi) is 1.54. The molecule has 4 N–H and O–H groups in total. The second-order valence-corrected chi connectivity index (χ2v) is 5.23. The van der Waals surface area contributed by atoms with E-state index in [4.69, 9.17) is 5.73 Å². The molecule has 0 aromatic carbocycles. The van der Waals surface area contributed by atoms with Crippen LogP contribution < -0.4 is 16.4 Å². The molecule has 3 rings (SSSR count). The Balaban J connectivity index is 1.81. The van der Waals surface area contributed by atoms with Crippen LogP contribution in [-0.2, 0) is 9.59 Å². The van der Waals surface area contributed by atoms with Crippen LogP contribution in [0.1, 0.15) is 25.7 Å². The van der Waals surface area contributed by atoms with Crippen molar-refractivity contribution in [1.82, 2.24) is 10.6 Å². The van der Waals surface area contributed by atoms with Crippen molar-refractivity contribution in [2.45, 2.75) is 37.3 Å². The molecular formula is C10H15N3O2. The fraction of sp³-hybridized carbons (Fsp3) is 0.800. The molecule has 3 aliphatic rings. The minimum Gasteiger partial charge on any atom is -0.368 e. The highest BCUT2D eigenvalue weighted by atomic mass is 16.2. The lowest BCUT2D eigenvalue weighted by molar-refractivity contribution is -0.127. The molecule has 2 aliphatic heterocycles. The molecule has 0 aromatic heterocycles. The van der Waals surface area contributed by atoms with E-state index in [1.54, 1.807) is 0 Å². The molecule has 2 saturated heterocycles. The zero-order valence-corrected chi connectivity index (χ0v) is 8.51. The van der Waals surface area contributed by atoms with E-state index >= 15 is 0 Å². The zero-order valence-electron chi connectivity index (χ0n) is 8.51. The van der Waals surface area contributed by atoms with Gasteiger partial charge in [0.25, 0.3) is 0 Å². The van der Waals surface area contributed by atoms with E-state index in [1.807, 2.05) is 0 Å². The third kappa shape index (κ3) is 1.19. The lowest BCUT2D eigenvalue weighted by atomic mass is 9.81. The van der Waals surface area contributed by atoms with E-state index in [-0.39, 0.29) is 28.8 Å². The van der Waals surface area contributed by atoms with Gasteiger partial charge in [0.05, 0.1) is 11.5 Å². The molecule has 1 aliphatic carbocycles. The van der Waals surface area contributed by atoms with E-state index in [0.29, 0.717) is 13.0 Å². The molecule has 5 heteroatoms. The van der Waals surface area contributed by atoms with Crippen LogP contribution in [0.15, 0.2) is 0 Å². The molecule has 5 nitrogen and oxygen atoms in total. The fourth-order valence-corrected chi connectivity index (χ4v) is 2.96. The first-order chi connectivity index (χ1) is 7.05. The second kappa shape index (κ2) is 2.52. The number of carbonyl (C=O) groups is 2. The molecule has 3 fully saturated rings. The van der Waals surface area contributed by atoms with Crippen molar-refractivity contribution >= 4 is 11.8 Å². The number of amides is 2. The van der Waals surface area contributed by atoms with Crippen molar-refractivity contribution in [2.24, 2.45) is 11.1 Å². The van der Waals surface area contributed by atoms with Crippen LogP contribution in [0.5, 0.6) is 0 Å². The quantitative estimate of drug-likeness (QED) is 0.511. The average molecular weight is 209 g/mol. The van der Waals surface area contributed by atoms with Crippen molar-refractivity contribution in [3.05, 3.63) is 0 Å². The predicted molar refractivity (Wildman–Crippen MR) is 52.8 cm³/mol. The molecule has 82 valence electrons. The smallest absolute Gasteiger partial charge is 0.234 e. The van der Waals surface area contributed by atoms with Crippen LogP contribution in [0, 0.1) is 5.41 Å². The van der Waals surface area contributed by atoms with Crippen molar-refractivity contribution in [2.75, 3.05) is 6.54 Å². The van der Waals surface area contributed by atoms with Crippen molar-refractivity contribution < 1.29 is 9.59 Å². The summed E-state index contributed by atoms with van der Waals surface area (Å²) in [7, 11) is 0. The van der Waals surface area contributed by atoms with Gasteiger partial charge in [0.15, 0.2) is 0 Å². The molecule has 2 spiro atoms. The Morgan fingerprint density at radius 1 is 1.47 bits per heavy atom. The highest BCUT2D eigenvalue weighted by molar-refractivity contribution is 5.90. The maximum atomic E-state index is 11.9. The number of hydrogen-bond donors (Lipinski definition) is 3.